The van der Waals surface area contributed by atoms with Gasteiger partial charge in [-0.05, 0) is 30.5 Å². The molecule has 3 atom stereocenters. The Hall–Kier alpha value is -3.67. The van der Waals surface area contributed by atoms with Crippen LogP contribution in [0.4, 0.5) is 0 Å². The molecule has 12 heteroatoms. The van der Waals surface area contributed by atoms with E-state index in [2.05, 4.69) is 10.6 Å². The number of likely N-dealkylation sites (tertiary alicyclic amines) is 1. The van der Waals surface area contributed by atoms with Gasteiger partial charge in [-0.15, -0.1) is 0 Å². The summed E-state index contributed by atoms with van der Waals surface area (Å²) in [4.78, 5) is 61.2. The fourth-order valence-corrected chi connectivity index (χ4v) is 3.45. The zero-order valence-electron chi connectivity index (χ0n) is 17.2. The van der Waals surface area contributed by atoms with E-state index < -0.39 is 54.2 Å². The largest absolute Gasteiger partial charge is 0.508 e. The van der Waals surface area contributed by atoms with Crippen LogP contribution >= 0.6 is 0 Å². The predicted molar refractivity (Wildman–Crippen MR) is 109 cm³/mol. The highest BCUT2D eigenvalue weighted by Crippen LogP contribution is 2.18. The Bertz CT molecular complexity index is 873. The fourth-order valence-electron chi connectivity index (χ4n) is 3.45. The van der Waals surface area contributed by atoms with Crippen molar-refractivity contribution in [3.8, 4) is 5.75 Å². The number of carbonyl (C=O) groups is 5. The molecular formula is C20H26N4O8. The van der Waals surface area contributed by atoms with Crippen LogP contribution in [0.1, 0.15) is 24.8 Å². The van der Waals surface area contributed by atoms with Gasteiger partial charge in [0.15, 0.2) is 0 Å². The third kappa shape index (κ3) is 6.67. The van der Waals surface area contributed by atoms with E-state index in [1.807, 2.05) is 0 Å². The number of nitrogens with one attached hydrogen (secondary N) is 2. The number of nitrogens with two attached hydrogens (primary N) is 1. The number of hydrogen-bond acceptors (Lipinski definition) is 7. The minimum atomic E-state index is -1.69. The smallest absolute Gasteiger partial charge is 0.326 e. The number of phenols is 1. The first kappa shape index (κ1) is 24.6. The lowest BCUT2D eigenvalue weighted by Crippen LogP contribution is -2.56. The summed E-state index contributed by atoms with van der Waals surface area (Å²) >= 11 is 0. The summed E-state index contributed by atoms with van der Waals surface area (Å²) in [6.45, 7) is 0.0827. The number of aromatic hydroxyl groups is 1. The molecule has 12 nitrogen and oxygen atoms in total. The Balaban J connectivity index is 2.21. The second-order valence-corrected chi connectivity index (χ2v) is 7.38. The van der Waals surface area contributed by atoms with Gasteiger partial charge in [0.25, 0.3) is 0 Å². The van der Waals surface area contributed by atoms with Crippen LogP contribution in [0.15, 0.2) is 24.3 Å². The van der Waals surface area contributed by atoms with E-state index in [1.165, 1.54) is 29.2 Å². The fraction of sp³-hybridized carbons (Fsp3) is 0.450. The van der Waals surface area contributed by atoms with Crippen LogP contribution in [0.3, 0.4) is 0 Å². The van der Waals surface area contributed by atoms with Crippen LogP contribution in [0.2, 0.25) is 0 Å². The molecule has 1 saturated heterocycles. The van der Waals surface area contributed by atoms with Crippen LogP contribution in [-0.2, 0) is 30.4 Å². The second kappa shape index (κ2) is 11.1. The zero-order chi connectivity index (χ0) is 23.8. The van der Waals surface area contributed by atoms with Crippen molar-refractivity contribution in [3.63, 3.8) is 0 Å². The Morgan fingerprint density at radius 2 is 1.72 bits per heavy atom. The first-order valence-corrected chi connectivity index (χ1v) is 9.95. The number of nitrogens with zero attached hydrogens (tertiary/aromatic N) is 1. The highest BCUT2D eigenvalue weighted by Gasteiger charge is 2.36. The van der Waals surface area contributed by atoms with Crippen LogP contribution < -0.4 is 16.4 Å². The monoisotopic (exact) mass is 450 g/mol. The van der Waals surface area contributed by atoms with Gasteiger partial charge in [0, 0.05) is 13.0 Å². The van der Waals surface area contributed by atoms with Gasteiger partial charge >= 0.3 is 11.9 Å². The average molecular weight is 450 g/mol. The summed E-state index contributed by atoms with van der Waals surface area (Å²) in [7, 11) is 0. The van der Waals surface area contributed by atoms with E-state index in [0.29, 0.717) is 24.9 Å². The van der Waals surface area contributed by atoms with Crippen molar-refractivity contribution in [2.75, 3.05) is 13.1 Å². The van der Waals surface area contributed by atoms with Crippen LogP contribution in [0.25, 0.3) is 0 Å². The summed E-state index contributed by atoms with van der Waals surface area (Å²) in [5.41, 5.74) is 5.94. The minimum Gasteiger partial charge on any atom is -0.508 e. The number of carbonyl (C=O) groups excluding carboxylic acids is 3. The molecule has 2 rings (SSSR count). The van der Waals surface area contributed by atoms with Gasteiger partial charge in [-0.3, -0.25) is 19.2 Å². The lowest BCUT2D eigenvalue weighted by atomic mass is 10.0. The van der Waals surface area contributed by atoms with Gasteiger partial charge in [0.1, 0.15) is 23.9 Å². The van der Waals surface area contributed by atoms with Crippen molar-refractivity contribution in [2.45, 2.75) is 43.8 Å². The molecule has 0 spiro atoms. The van der Waals surface area contributed by atoms with Gasteiger partial charge in [-0.1, -0.05) is 12.1 Å². The quantitative estimate of drug-likeness (QED) is 0.243. The molecule has 1 aliphatic heterocycles. The molecule has 1 fully saturated rings. The van der Waals surface area contributed by atoms with Gasteiger partial charge in [-0.2, -0.15) is 0 Å². The number of hydrogen-bond donors (Lipinski definition) is 6. The van der Waals surface area contributed by atoms with Gasteiger partial charge in [0.05, 0.1) is 13.0 Å². The Kier molecular flexibility index (Phi) is 8.53. The molecule has 0 aromatic heterocycles. The molecule has 32 heavy (non-hydrogen) atoms. The van der Waals surface area contributed by atoms with E-state index in [0.717, 1.165) is 0 Å². The maximum atomic E-state index is 12.9. The Morgan fingerprint density at radius 3 is 2.28 bits per heavy atom. The van der Waals surface area contributed by atoms with E-state index in [9.17, 15) is 34.2 Å². The number of carboxylic acids is 2. The highest BCUT2D eigenvalue weighted by molar-refractivity contribution is 5.94. The highest BCUT2D eigenvalue weighted by atomic mass is 16.4. The summed E-state index contributed by atoms with van der Waals surface area (Å²) in [5.74, 6) is -4.87. The van der Waals surface area contributed by atoms with Gasteiger partial charge in [-0.25, -0.2) is 4.79 Å². The topological polar surface area (TPSA) is 199 Å². The first-order valence-electron chi connectivity index (χ1n) is 9.95. The molecule has 0 aliphatic carbocycles. The number of carboxylic acid groups (broad SMARTS) is 2. The number of aliphatic carboxylic acids is 2. The van der Waals surface area contributed by atoms with Crippen molar-refractivity contribution < 1.29 is 39.3 Å². The third-order valence-corrected chi connectivity index (χ3v) is 5.05. The number of benzene rings is 1. The summed E-state index contributed by atoms with van der Waals surface area (Å²) in [6.07, 6.45) is 0.0530. The van der Waals surface area contributed by atoms with Crippen molar-refractivity contribution in [2.24, 2.45) is 5.73 Å². The third-order valence-electron chi connectivity index (χ3n) is 5.05. The molecular weight excluding hydrogens is 424 g/mol. The Morgan fingerprint density at radius 1 is 1.06 bits per heavy atom. The van der Waals surface area contributed by atoms with Crippen molar-refractivity contribution in [1.29, 1.82) is 0 Å². The van der Waals surface area contributed by atoms with Crippen molar-refractivity contribution in [3.05, 3.63) is 29.8 Å². The summed E-state index contributed by atoms with van der Waals surface area (Å²) in [6, 6.07) is 2.04. The Labute approximate surface area is 183 Å². The molecule has 1 aliphatic rings. The molecule has 1 aromatic carbocycles. The maximum absolute atomic E-state index is 12.9. The SMILES string of the molecule is NCC(=O)N1CCCC1C(=O)NC(Cc1ccc(O)cc1)C(=O)NC(CC(=O)O)C(=O)O. The van der Waals surface area contributed by atoms with Gasteiger partial charge < -0.3 is 36.6 Å². The number of phenolic OH excluding ortho intramolecular Hbond substituents is 1. The normalized spacial score (nSPS) is 17.3. The summed E-state index contributed by atoms with van der Waals surface area (Å²) < 4.78 is 0. The van der Waals surface area contributed by atoms with Crippen molar-refractivity contribution >= 4 is 29.7 Å². The summed E-state index contributed by atoms with van der Waals surface area (Å²) in [5, 5.41) is 32.2. The molecule has 0 bridgehead atoms. The molecule has 3 unspecified atom stereocenters. The number of rotatable bonds is 10. The minimum absolute atomic E-state index is 0.00641. The van der Waals surface area contributed by atoms with E-state index in [4.69, 9.17) is 10.8 Å². The maximum Gasteiger partial charge on any atom is 0.326 e. The zero-order valence-corrected chi connectivity index (χ0v) is 17.2. The lowest BCUT2D eigenvalue weighted by molar-refractivity contribution is -0.147. The standard InChI is InChI=1S/C20H26N4O8/c21-10-16(26)24-7-1-2-15(24)19(30)22-13(8-11-3-5-12(25)6-4-11)18(29)23-14(20(31)32)9-17(27)28/h3-6,13-15,25H,1-2,7-10,21H2,(H,22,30)(H,23,29)(H,27,28)(H,31,32). The van der Waals surface area contributed by atoms with E-state index in [1.54, 1.807) is 0 Å². The van der Waals surface area contributed by atoms with Crippen molar-refractivity contribution in [1.82, 2.24) is 15.5 Å². The molecule has 174 valence electrons. The molecule has 1 heterocycles. The molecule has 1 aromatic rings. The molecule has 0 saturated carbocycles. The predicted octanol–water partition coefficient (Wildman–Crippen LogP) is -1.59. The van der Waals surface area contributed by atoms with Crippen LogP contribution in [0, 0.1) is 0 Å². The molecule has 7 N–H and O–H groups in total. The van der Waals surface area contributed by atoms with Crippen LogP contribution in [0.5, 0.6) is 5.75 Å². The van der Waals surface area contributed by atoms with E-state index in [-0.39, 0.29) is 18.7 Å². The second-order valence-electron chi connectivity index (χ2n) is 7.38. The van der Waals surface area contributed by atoms with Gasteiger partial charge in [0.2, 0.25) is 17.7 Å². The first-order chi connectivity index (χ1) is 15.1. The van der Waals surface area contributed by atoms with Crippen LogP contribution in [-0.4, -0.2) is 81.1 Å². The van der Waals surface area contributed by atoms with E-state index >= 15 is 0 Å². The lowest BCUT2D eigenvalue weighted by Gasteiger charge is -2.26. The average Bonchev–Trinajstić information content (AvgIpc) is 3.23. The molecule has 3 amide bonds. The molecule has 0 radical (unpaired) electrons. The number of amides is 3.